The van der Waals surface area contributed by atoms with Crippen molar-refractivity contribution >= 4 is 11.9 Å². The van der Waals surface area contributed by atoms with Crippen LogP contribution in [-0.2, 0) is 9.59 Å². The van der Waals surface area contributed by atoms with Crippen molar-refractivity contribution in [3.63, 3.8) is 0 Å². The summed E-state index contributed by atoms with van der Waals surface area (Å²) in [6.07, 6.45) is 2.58. The molecular formula is C17H44O4. The number of carboxylic acids is 2. The highest BCUT2D eigenvalue weighted by Crippen LogP contribution is 2.23. The molecule has 0 saturated heterocycles. The van der Waals surface area contributed by atoms with Crippen molar-refractivity contribution in [2.75, 3.05) is 0 Å². The van der Waals surface area contributed by atoms with Gasteiger partial charge in [-0.2, -0.15) is 0 Å². The Balaban J connectivity index is -0.0000000653. The number of rotatable bonds is 8. The third-order valence-electron chi connectivity index (χ3n) is 2.75. The van der Waals surface area contributed by atoms with Crippen molar-refractivity contribution in [2.24, 2.45) is 11.8 Å². The third-order valence-corrected chi connectivity index (χ3v) is 2.75. The van der Waals surface area contributed by atoms with Gasteiger partial charge in [-0.3, -0.25) is 9.59 Å². The molecule has 0 aliphatic rings. The van der Waals surface area contributed by atoms with E-state index < -0.39 is 11.9 Å². The summed E-state index contributed by atoms with van der Waals surface area (Å²) >= 11 is 0. The Morgan fingerprint density at radius 3 is 1.10 bits per heavy atom. The molecule has 0 heterocycles. The van der Waals surface area contributed by atoms with Crippen LogP contribution in [0.1, 0.15) is 90.5 Å². The van der Waals surface area contributed by atoms with Crippen LogP contribution >= 0.6 is 0 Å². The minimum atomic E-state index is -0.799. The predicted octanol–water partition coefficient (Wildman–Crippen LogP) is 6.19. The van der Waals surface area contributed by atoms with Crippen LogP contribution in [-0.4, -0.2) is 22.2 Å². The van der Waals surface area contributed by atoms with Crippen LogP contribution in [0.25, 0.3) is 0 Å². The molecule has 0 saturated carbocycles. The van der Waals surface area contributed by atoms with Crippen molar-refractivity contribution in [3.05, 3.63) is 0 Å². The van der Waals surface area contributed by atoms with Crippen LogP contribution in [0.2, 0.25) is 0 Å². The van der Waals surface area contributed by atoms with Gasteiger partial charge < -0.3 is 10.2 Å². The lowest BCUT2D eigenvalue weighted by molar-refractivity contribution is -0.138. The summed E-state index contributed by atoms with van der Waals surface area (Å²) in [6, 6.07) is 0. The second-order valence-electron chi connectivity index (χ2n) is 3.98. The quantitative estimate of drug-likeness (QED) is 0.560. The van der Waals surface area contributed by atoms with Crippen molar-refractivity contribution in [2.45, 2.75) is 90.5 Å². The van der Waals surface area contributed by atoms with Gasteiger partial charge in [0, 0.05) is 12.8 Å². The molecule has 136 valence electrons. The number of hydrogen-bond donors (Lipinski definition) is 2. The molecule has 0 aliphatic heterocycles. The van der Waals surface area contributed by atoms with Crippen LogP contribution in [0.3, 0.4) is 0 Å². The molecule has 4 heteroatoms. The SMILES string of the molecule is C.C.C.C.C.C.CCC(CC(=O)O)CC(CC)CC(=O)O. The first kappa shape index (κ1) is 42.7. The maximum absolute atomic E-state index is 10.5. The molecule has 0 bridgehead atoms. The second-order valence-corrected chi connectivity index (χ2v) is 3.98. The fraction of sp³-hybridized carbons (Fsp3) is 0.882. The van der Waals surface area contributed by atoms with Gasteiger partial charge in [-0.1, -0.05) is 71.2 Å². The van der Waals surface area contributed by atoms with Gasteiger partial charge in [0.1, 0.15) is 0 Å². The van der Waals surface area contributed by atoms with Gasteiger partial charge in [-0.15, -0.1) is 0 Å². The number of hydrogen-bond acceptors (Lipinski definition) is 2. The maximum atomic E-state index is 10.5. The van der Waals surface area contributed by atoms with Gasteiger partial charge in [0.15, 0.2) is 0 Å². The standard InChI is InChI=1S/C11H20O4.6CH4/c1-3-8(6-10(12)13)5-9(4-2)7-11(14)15;;;;;;/h8-9H,3-7H2,1-2H3,(H,12,13)(H,14,15);6*1H4. The Bertz CT molecular complexity index is 193. The topological polar surface area (TPSA) is 74.6 Å². The maximum Gasteiger partial charge on any atom is 0.303 e. The number of carboxylic acid groups (broad SMARTS) is 2. The molecule has 0 aromatic carbocycles. The van der Waals surface area contributed by atoms with Crippen LogP contribution in [0.15, 0.2) is 0 Å². The molecule has 4 nitrogen and oxygen atoms in total. The molecule has 0 aliphatic carbocycles. The van der Waals surface area contributed by atoms with Crippen molar-refractivity contribution < 1.29 is 19.8 Å². The summed E-state index contributed by atoms with van der Waals surface area (Å²) in [5.74, 6) is -1.39. The summed E-state index contributed by atoms with van der Waals surface area (Å²) in [5, 5.41) is 17.3. The number of aliphatic carboxylic acids is 2. The van der Waals surface area contributed by atoms with E-state index in [2.05, 4.69) is 0 Å². The Labute approximate surface area is 135 Å². The monoisotopic (exact) mass is 312 g/mol. The van der Waals surface area contributed by atoms with Crippen LogP contribution in [0.5, 0.6) is 0 Å². The lowest BCUT2D eigenvalue weighted by Crippen LogP contribution is -2.14. The molecule has 2 atom stereocenters. The van der Waals surface area contributed by atoms with Crippen LogP contribution in [0, 0.1) is 11.8 Å². The van der Waals surface area contributed by atoms with E-state index in [9.17, 15) is 9.59 Å². The first-order chi connectivity index (χ1) is 6.99. The summed E-state index contributed by atoms with van der Waals surface area (Å²) in [5.41, 5.74) is 0. The molecule has 0 aromatic rings. The van der Waals surface area contributed by atoms with E-state index in [1.54, 1.807) is 0 Å². The minimum absolute atomic E-state index is 0. The van der Waals surface area contributed by atoms with Gasteiger partial charge in [-0.25, -0.2) is 0 Å². The fourth-order valence-corrected chi connectivity index (χ4v) is 1.75. The van der Waals surface area contributed by atoms with Crippen molar-refractivity contribution in [1.29, 1.82) is 0 Å². The average Bonchev–Trinajstić information content (AvgIpc) is 2.14. The molecule has 0 radical (unpaired) electrons. The molecule has 0 fully saturated rings. The van der Waals surface area contributed by atoms with Crippen molar-refractivity contribution in [1.82, 2.24) is 0 Å². The summed E-state index contributed by atoms with van der Waals surface area (Å²) < 4.78 is 0. The molecule has 2 unspecified atom stereocenters. The molecule has 0 spiro atoms. The lowest BCUT2D eigenvalue weighted by Gasteiger charge is -2.18. The summed E-state index contributed by atoms with van der Waals surface area (Å²) in [4.78, 5) is 21.1. The Kier molecular flexibility index (Phi) is 48.8. The average molecular weight is 313 g/mol. The Hall–Kier alpha value is -1.06. The summed E-state index contributed by atoms with van der Waals surface area (Å²) in [7, 11) is 0. The van der Waals surface area contributed by atoms with Crippen LogP contribution < -0.4 is 0 Å². The van der Waals surface area contributed by atoms with Crippen LogP contribution in [0.4, 0.5) is 0 Å². The van der Waals surface area contributed by atoms with Gasteiger partial charge in [0.05, 0.1) is 0 Å². The molecular weight excluding hydrogens is 268 g/mol. The fourth-order valence-electron chi connectivity index (χ4n) is 1.75. The van der Waals surface area contributed by atoms with Gasteiger partial charge >= 0.3 is 11.9 Å². The van der Waals surface area contributed by atoms with Gasteiger partial charge in [-0.05, 0) is 18.3 Å². The highest BCUT2D eigenvalue weighted by molar-refractivity contribution is 5.67. The van der Waals surface area contributed by atoms with Crippen molar-refractivity contribution in [3.8, 4) is 0 Å². The van der Waals surface area contributed by atoms with E-state index in [0.717, 1.165) is 12.8 Å². The van der Waals surface area contributed by atoms with E-state index in [4.69, 9.17) is 10.2 Å². The molecule has 0 rings (SSSR count). The third kappa shape index (κ3) is 24.4. The summed E-state index contributed by atoms with van der Waals surface area (Å²) in [6.45, 7) is 3.89. The van der Waals surface area contributed by atoms with Gasteiger partial charge in [0.25, 0.3) is 0 Å². The molecule has 2 N–H and O–H groups in total. The first-order valence-electron chi connectivity index (χ1n) is 5.43. The first-order valence-corrected chi connectivity index (χ1v) is 5.43. The largest absolute Gasteiger partial charge is 0.481 e. The zero-order chi connectivity index (χ0) is 11.8. The minimum Gasteiger partial charge on any atom is -0.481 e. The second kappa shape index (κ2) is 24.0. The van der Waals surface area contributed by atoms with E-state index >= 15 is 0 Å². The zero-order valence-electron chi connectivity index (χ0n) is 9.40. The highest BCUT2D eigenvalue weighted by Gasteiger charge is 2.18. The van der Waals surface area contributed by atoms with E-state index in [0.29, 0.717) is 6.42 Å². The smallest absolute Gasteiger partial charge is 0.303 e. The normalized spacial score (nSPS) is 10.4. The van der Waals surface area contributed by atoms with E-state index in [-0.39, 0.29) is 69.2 Å². The van der Waals surface area contributed by atoms with E-state index in [1.165, 1.54) is 0 Å². The zero-order valence-corrected chi connectivity index (χ0v) is 9.40. The van der Waals surface area contributed by atoms with E-state index in [1.807, 2.05) is 13.8 Å². The lowest BCUT2D eigenvalue weighted by atomic mass is 9.87. The van der Waals surface area contributed by atoms with Gasteiger partial charge in [0.2, 0.25) is 0 Å². The molecule has 0 aromatic heterocycles. The molecule has 21 heavy (non-hydrogen) atoms. The predicted molar refractivity (Wildman–Crippen MR) is 97.1 cm³/mol. The number of carbonyl (C=O) groups is 2. The molecule has 0 amide bonds. The Morgan fingerprint density at radius 1 is 0.714 bits per heavy atom. The Morgan fingerprint density at radius 2 is 0.952 bits per heavy atom. The highest BCUT2D eigenvalue weighted by atomic mass is 16.4.